The summed E-state index contributed by atoms with van der Waals surface area (Å²) in [5, 5.41) is 10.3. The van der Waals surface area contributed by atoms with E-state index in [1.54, 1.807) is 6.92 Å². The van der Waals surface area contributed by atoms with Crippen molar-refractivity contribution >= 4 is 11.8 Å². The monoisotopic (exact) mass is 254 g/mol. The quantitative estimate of drug-likeness (QED) is 0.603. The van der Waals surface area contributed by atoms with Crippen LogP contribution in [0.5, 0.6) is 0 Å². The van der Waals surface area contributed by atoms with E-state index in [0.29, 0.717) is 18.3 Å². The molecule has 18 heavy (non-hydrogen) atoms. The first kappa shape index (κ1) is 13.5. The van der Waals surface area contributed by atoms with Crippen LogP contribution in [0.15, 0.2) is 0 Å². The fourth-order valence-corrected chi connectivity index (χ4v) is 4.06. The van der Waals surface area contributed by atoms with Crippen LogP contribution in [-0.4, -0.2) is 28.1 Å². The van der Waals surface area contributed by atoms with Gasteiger partial charge in [-0.05, 0) is 44.4 Å². The molecule has 0 heterocycles. The second-order valence-electron chi connectivity index (χ2n) is 6.62. The SMILES string of the molecule is CC(=O)C(=O)OC12CC(C)CC(CC(C)(O)C1)C2. The van der Waals surface area contributed by atoms with Gasteiger partial charge in [0.25, 0.3) is 0 Å². The normalized spacial score (nSPS) is 43.3. The summed E-state index contributed by atoms with van der Waals surface area (Å²) in [5.41, 5.74) is -1.42. The van der Waals surface area contributed by atoms with Crippen LogP contribution in [0.1, 0.15) is 52.9 Å². The zero-order chi connectivity index (χ0) is 13.6. The van der Waals surface area contributed by atoms with E-state index in [-0.39, 0.29) is 0 Å². The molecule has 102 valence electrons. The van der Waals surface area contributed by atoms with Crippen molar-refractivity contribution in [3.63, 3.8) is 0 Å². The molecule has 0 spiro atoms. The molecule has 0 saturated heterocycles. The lowest BCUT2D eigenvalue weighted by molar-refractivity contribution is -0.191. The van der Waals surface area contributed by atoms with E-state index in [1.165, 1.54) is 6.92 Å². The van der Waals surface area contributed by atoms with E-state index in [0.717, 1.165) is 25.7 Å². The van der Waals surface area contributed by atoms with Crippen molar-refractivity contribution in [2.75, 3.05) is 0 Å². The standard InChI is InChI=1S/C14H22O4/c1-9-4-11-6-13(3,17)8-14(5-9,7-11)18-12(16)10(2)15/h9,11,17H,4-8H2,1-3H3. The average Bonchev–Trinajstić information content (AvgIpc) is 2.11. The zero-order valence-corrected chi connectivity index (χ0v) is 11.4. The number of fused-ring (bicyclic) bond motifs is 2. The van der Waals surface area contributed by atoms with Crippen LogP contribution in [0, 0.1) is 11.8 Å². The topological polar surface area (TPSA) is 63.6 Å². The number of aliphatic hydroxyl groups is 1. The van der Waals surface area contributed by atoms with Gasteiger partial charge < -0.3 is 9.84 Å². The molecule has 2 aliphatic carbocycles. The number of Topliss-reactive ketones (excluding diaryl/α,β-unsaturated/α-hetero) is 1. The lowest BCUT2D eigenvalue weighted by atomic mass is 9.61. The predicted molar refractivity (Wildman–Crippen MR) is 65.9 cm³/mol. The van der Waals surface area contributed by atoms with Crippen LogP contribution in [-0.2, 0) is 14.3 Å². The molecule has 0 aliphatic heterocycles. The van der Waals surface area contributed by atoms with Crippen molar-refractivity contribution in [3.8, 4) is 0 Å². The molecule has 4 atom stereocenters. The van der Waals surface area contributed by atoms with Gasteiger partial charge in [0.2, 0.25) is 5.78 Å². The Morgan fingerprint density at radius 3 is 2.56 bits per heavy atom. The van der Waals surface area contributed by atoms with Crippen LogP contribution in [0.3, 0.4) is 0 Å². The summed E-state index contributed by atoms with van der Waals surface area (Å²) in [5.74, 6) is -0.471. The minimum absolute atomic E-state index is 0.386. The van der Waals surface area contributed by atoms with Gasteiger partial charge in [0.1, 0.15) is 5.60 Å². The van der Waals surface area contributed by atoms with E-state index in [2.05, 4.69) is 6.92 Å². The number of ether oxygens (including phenoxy) is 1. The molecule has 0 aromatic rings. The molecule has 2 bridgehead atoms. The average molecular weight is 254 g/mol. The Hall–Kier alpha value is -0.900. The van der Waals surface area contributed by atoms with Gasteiger partial charge in [0, 0.05) is 13.3 Å². The highest BCUT2D eigenvalue weighted by Crippen LogP contribution is 2.50. The van der Waals surface area contributed by atoms with Crippen LogP contribution in [0.2, 0.25) is 0 Å². The minimum Gasteiger partial charge on any atom is -0.453 e. The molecular weight excluding hydrogens is 232 g/mol. The number of carbonyl (C=O) groups is 2. The highest BCUT2D eigenvalue weighted by atomic mass is 16.6. The molecule has 0 aromatic heterocycles. The van der Waals surface area contributed by atoms with Crippen molar-refractivity contribution in [1.29, 1.82) is 0 Å². The molecule has 4 unspecified atom stereocenters. The van der Waals surface area contributed by atoms with Crippen molar-refractivity contribution < 1.29 is 19.4 Å². The summed E-state index contributed by atoms with van der Waals surface area (Å²) in [6, 6.07) is 0. The molecule has 0 radical (unpaired) electrons. The first-order valence-electron chi connectivity index (χ1n) is 6.68. The van der Waals surface area contributed by atoms with E-state index in [9.17, 15) is 14.7 Å². The summed E-state index contributed by atoms with van der Waals surface area (Å²) in [4.78, 5) is 22.7. The van der Waals surface area contributed by atoms with Crippen molar-refractivity contribution in [2.45, 2.75) is 64.1 Å². The Bertz CT molecular complexity index is 370. The van der Waals surface area contributed by atoms with Crippen LogP contribution < -0.4 is 0 Å². The van der Waals surface area contributed by atoms with Gasteiger partial charge in [0.15, 0.2) is 0 Å². The lowest BCUT2D eigenvalue weighted by Crippen LogP contribution is -2.54. The third-order valence-electron chi connectivity index (χ3n) is 4.14. The molecule has 2 aliphatic rings. The van der Waals surface area contributed by atoms with Crippen LogP contribution in [0.4, 0.5) is 0 Å². The maximum atomic E-state index is 11.6. The van der Waals surface area contributed by atoms with Gasteiger partial charge in [-0.1, -0.05) is 6.92 Å². The fraction of sp³-hybridized carbons (Fsp3) is 0.857. The maximum absolute atomic E-state index is 11.6. The van der Waals surface area contributed by atoms with Crippen LogP contribution >= 0.6 is 0 Å². The highest BCUT2D eigenvalue weighted by Gasteiger charge is 2.51. The summed E-state index contributed by atoms with van der Waals surface area (Å²) >= 11 is 0. The summed E-state index contributed by atoms with van der Waals surface area (Å²) in [7, 11) is 0. The maximum Gasteiger partial charge on any atom is 0.374 e. The third-order valence-corrected chi connectivity index (χ3v) is 4.14. The van der Waals surface area contributed by atoms with Crippen molar-refractivity contribution in [3.05, 3.63) is 0 Å². The zero-order valence-electron chi connectivity index (χ0n) is 11.4. The first-order chi connectivity index (χ1) is 8.21. The summed E-state index contributed by atoms with van der Waals surface area (Å²) < 4.78 is 5.47. The summed E-state index contributed by atoms with van der Waals surface area (Å²) in [6.07, 6.45) is 3.80. The van der Waals surface area contributed by atoms with Gasteiger partial charge >= 0.3 is 5.97 Å². The second-order valence-corrected chi connectivity index (χ2v) is 6.62. The van der Waals surface area contributed by atoms with Crippen LogP contribution in [0.25, 0.3) is 0 Å². The Labute approximate surface area is 108 Å². The fourth-order valence-electron chi connectivity index (χ4n) is 4.06. The highest BCUT2D eigenvalue weighted by molar-refractivity contribution is 6.32. The van der Waals surface area contributed by atoms with E-state index in [1.807, 2.05) is 0 Å². The molecule has 2 saturated carbocycles. The first-order valence-corrected chi connectivity index (χ1v) is 6.68. The molecule has 1 N–H and O–H groups in total. The molecule has 0 aromatic carbocycles. The van der Waals surface area contributed by atoms with Crippen molar-refractivity contribution in [2.24, 2.45) is 11.8 Å². The van der Waals surface area contributed by atoms with Gasteiger partial charge in [-0.2, -0.15) is 0 Å². The number of carbonyl (C=O) groups excluding carboxylic acids is 2. The Balaban J connectivity index is 2.21. The molecule has 2 fully saturated rings. The van der Waals surface area contributed by atoms with E-state index in [4.69, 9.17) is 4.74 Å². The molecule has 0 amide bonds. The summed E-state index contributed by atoms with van der Waals surface area (Å²) in [6.45, 7) is 5.16. The van der Waals surface area contributed by atoms with Crippen molar-refractivity contribution in [1.82, 2.24) is 0 Å². The predicted octanol–water partition coefficient (Wildman–Crippen LogP) is 1.84. The second kappa shape index (κ2) is 4.34. The molecule has 4 nitrogen and oxygen atoms in total. The number of rotatable bonds is 2. The molecular formula is C14H22O4. The number of ketones is 1. The third kappa shape index (κ3) is 2.74. The van der Waals surface area contributed by atoms with Gasteiger partial charge in [0.05, 0.1) is 5.60 Å². The number of hydrogen-bond donors (Lipinski definition) is 1. The van der Waals surface area contributed by atoms with Gasteiger partial charge in [-0.15, -0.1) is 0 Å². The number of esters is 1. The molecule has 2 rings (SSSR count). The Morgan fingerprint density at radius 2 is 1.94 bits per heavy atom. The Morgan fingerprint density at radius 1 is 1.28 bits per heavy atom. The lowest BCUT2D eigenvalue weighted by Gasteiger charge is -2.51. The van der Waals surface area contributed by atoms with E-state index >= 15 is 0 Å². The smallest absolute Gasteiger partial charge is 0.374 e. The minimum atomic E-state index is -0.792. The largest absolute Gasteiger partial charge is 0.453 e. The Kier molecular flexibility index (Phi) is 3.26. The van der Waals surface area contributed by atoms with Gasteiger partial charge in [-0.25, -0.2) is 4.79 Å². The van der Waals surface area contributed by atoms with E-state index < -0.39 is 23.0 Å². The molecule has 4 heteroatoms. The van der Waals surface area contributed by atoms with Gasteiger partial charge in [-0.3, -0.25) is 4.79 Å². The number of hydrogen-bond acceptors (Lipinski definition) is 4.